The maximum Gasteiger partial charge on any atom is 0.0581 e. The first-order chi connectivity index (χ1) is 7.76. The van der Waals surface area contributed by atoms with Gasteiger partial charge in [-0.05, 0) is 56.3 Å². The van der Waals surface area contributed by atoms with Gasteiger partial charge in [0.1, 0.15) is 0 Å². The Balaban J connectivity index is 1.54. The zero-order chi connectivity index (χ0) is 11.0. The van der Waals surface area contributed by atoms with Gasteiger partial charge in [-0.3, -0.25) is 0 Å². The van der Waals surface area contributed by atoms with Gasteiger partial charge in [0.25, 0.3) is 0 Å². The number of hydrogen-bond acceptors (Lipinski definition) is 2. The Kier molecular flexibility index (Phi) is 2.97. The number of hydrogen-bond donors (Lipinski definition) is 1. The molecule has 16 heavy (non-hydrogen) atoms. The fourth-order valence-corrected chi connectivity index (χ4v) is 3.15. The van der Waals surface area contributed by atoms with E-state index in [0.717, 1.165) is 18.6 Å². The highest BCUT2D eigenvalue weighted by Crippen LogP contribution is 2.49. The van der Waals surface area contributed by atoms with E-state index in [-0.39, 0.29) is 0 Å². The van der Waals surface area contributed by atoms with Crippen molar-refractivity contribution in [1.29, 1.82) is 0 Å². The summed E-state index contributed by atoms with van der Waals surface area (Å²) in [6.07, 6.45) is 10.1. The molecule has 2 nitrogen and oxygen atoms in total. The maximum absolute atomic E-state index is 5.82. The van der Waals surface area contributed by atoms with E-state index in [2.05, 4.69) is 12.2 Å². The van der Waals surface area contributed by atoms with Gasteiger partial charge in [-0.25, -0.2) is 0 Å². The monoisotopic (exact) mass is 223 g/mol. The Morgan fingerprint density at radius 1 is 1.19 bits per heavy atom. The van der Waals surface area contributed by atoms with E-state index in [9.17, 15) is 0 Å². The average Bonchev–Trinajstić information content (AvgIpc) is 3.17. The van der Waals surface area contributed by atoms with Crippen LogP contribution >= 0.6 is 0 Å². The van der Waals surface area contributed by atoms with Crippen LogP contribution in [0.15, 0.2) is 0 Å². The second-order valence-corrected chi connectivity index (χ2v) is 6.42. The molecule has 3 aliphatic rings. The summed E-state index contributed by atoms with van der Waals surface area (Å²) in [6.45, 7) is 4.71. The van der Waals surface area contributed by atoms with Gasteiger partial charge in [0.2, 0.25) is 0 Å². The molecule has 0 aromatic heterocycles. The van der Waals surface area contributed by atoms with Gasteiger partial charge < -0.3 is 10.1 Å². The third-order valence-corrected chi connectivity index (χ3v) is 4.65. The molecule has 92 valence electrons. The SMILES string of the molecule is CC(CNC1CC1)(CC1CCCO1)C1CC1. The smallest absolute Gasteiger partial charge is 0.0581 e. The molecule has 0 aromatic rings. The van der Waals surface area contributed by atoms with Crippen LogP contribution in [-0.2, 0) is 4.74 Å². The third kappa shape index (κ3) is 2.60. The minimum Gasteiger partial charge on any atom is -0.378 e. The molecule has 2 unspecified atom stereocenters. The van der Waals surface area contributed by atoms with Crippen molar-refractivity contribution in [2.45, 2.75) is 64.0 Å². The molecule has 0 aromatic carbocycles. The first-order valence-corrected chi connectivity index (χ1v) is 7.11. The molecule has 0 amide bonds. The highest BCUT2D eigenvalue weighted by molar-refractivity contribution is 4.96. The van der Waals surface area contributed by atoms with Gasteiger partial charge in [0.15, 0.2) is 0 Å². The lowest BCUT2D eigenvalue weighted by Gasteiger charge is -2.32. The molecule has 3 fully saturated rings. The quantitative estimate of drug-likeness (QED) is 0.747. The zero-order valence-corrected chi connectivity index (χ0v) is 10.5. The topological polar surface area (TPSA) is 21.3 Å². The Labute approximate surface area is 99.1 Å². The molecular weight excluding hydrogens is 198 g/mol. The molecule has 2 saturated carbocycles. The molecule has 1 heterocycles. The van der Waals surface area contributed by atoms with Gasteiger partial charge in [0, 0.05) is 19.2 Å². The molecule has 0 radical (unpaired) electrons. The maximum atomic E-state index is 5.82. The van der Waals surface area contributed by atoms with Crippen molar-refractivity contribution in [3.63, 3.8) is 0 Å². The van der Waals surface area contributed by atoms with Crippen molar-refractivity contribution >= 4 is 0 Å². The molecule has 2 heteroatoms. The van der Waals surface area contributed by atoms with Crippen LogP contribution in [0.3, 0.4) is 0 Å². The van der Waals surface area contributed by atoms with Crippen LogP contribution in [0.5, 0.6) is 0 Å². The highest BCUT2D eigenvalue weighted by Gasteiger charge is 2.43. The average molecular weight is 223 g/mol. The lowest BCUT2D eigenvalue weighted by atomic mass is 9.79. The van der Waals surface area contributed by atoms with Crippen molar-refractivity contribution < 1.29 is 4.74 Å². The van der Waals surface area contributed by atoms with Crippen LogP contribution in [-0.4, -0.2) is 25.3 Å². The van der Waals surface area contributed by atoms with Crippen LogP contribution in [0.25, 0.3) is 0 Å². The van der Waals surface area contributed by atoms with Crippen molar-refractivity contribution in [1.82, 2.24) is 5.32 Å². The van der Waals surface area contributed by atoms with Gasteiger partial charge in [0.05, 0.1) is 6.10 Å². The lowest BCUT2D eigenvalue weighted by Crippen LogP contribution is -2.37. The molecule has 3 rings (SSSR count). The van der Waals surface area contributed by atoms with E-state index >= 15 is 0 Å². The highest BCUT2D eigenvalue weighted by atomic mass is 16.5. The number of nitrogens with one attached hydrogen (secondary N) is 1. The van der Waals surface area contributed by atoms with E-state index in [1.807, 2.05) is 0 Å². The van der Waals surface area contributed by atoms with Gasteiger partial charge in [-0.2, -0.15) is 0 Å². The predicted molar refractivity (Wildman–Crippen MR) is 65.4 cm³/mol. The number of rotatable bonds is 6. The van der Waals surface area contributed by atoms with Crippen LogP contribution in [0.1, 0.15) is 51.9 Å². The third-order valence-electron chi connectivity index (χ3n) is 4.65. The minimum atomic E-state index is 0.512. The molecule has 1 saturated heterocycles. The van der Waals surface area contributed by atoms with Crippen LogP contribution in [0.4, 0.5) is 0 Å². The van der Waals surface area contributed by atoms with Crippen molar-refractivity contribution in [2.75, 3.05) is 13.2 Å². The minimum absolute atomic E-state index is 0.512. The molecule has 0 spiro atoms. The molecular formula is C14H25NO. The summed E-state index contributed by atoms with van der Waals surface area (Å²) in [7, 11) is 0. The summed E-state index contributed by atoms with van der Waals surface area (Å²) in [5, 5.41) is 3.74. The summed E-state index contributed by atoms with van der Waals surface area (Å²) >= 11 is 0. The standard InChI is InChI=1S/C14H25NO/c1-14(11-4-5-11,10-15-12-6-7-12)9-13-3-2-8-16-13/h11-13,15H,2-10H2,1H3. The summed E-state index contributed by atoms with van der Waals surface area (Å²) in [4.78, 5) is 0. The summed E-state index contributed by atoms with van der Waals surface area (Å²) in [6, 6.07) is 0.850. The Morgan fingerprint density at radius 3 is 2.56 bits per heavy atom. The van der Waals surface area contributed by atoms with E-state index < -0.39 is 0 Å². The normalized spacial score (nSPS) is 33.9. The van der Waals surface area contributed by atoms with E-state index in [1.165, 1.54) is 51.5 Å². The van der Waals surface area contributed by atoms with Crippen molar-refractivity contribution in [2.24, 2.45) is 11.3 Å². The lowest BCUT2D eigenvalue weighted by molar-refractivity contribution is 0.0577. The van der Waals surface area contributed by atoms with E-state index in [1.54, 1.807) is 0 Å². The Morgan fingerprint density at radius 2 is 2.00 bits per heavy atom. The van der Waals surface area contributed by atoms with Crippen LogP contribution < -0.4 is 5.32 Å². The largest absolute Gasteiger partial charge is 0.378 e. The molecule has 2 atom stereocenters. The van der Waals surface area contributed by atoms with Gasteiger partial charge in [-0.1, -0.05) is 6.92 Å². The molecule has 2 aliphatic carbocycles. The summed E-state index contributed by atoms with van der Waals surface area (Å²) in [5.41, 5.74) is 0.512. The fraction of sp³-hybridized carbons (Fsp3) is 1.00. The van der Waals surface area contributed by atoms with Crippen LogP contribution in [0.2, 0.25) is 0 Å². The predicted octanol–water partition coefficient (Wildman–Crippen LogP) is 2.72. The van der Waals surface area contributed by atoms with Crippen molar-refractivity contribution in [3.8, 4) is 0 Å². The van der Waals surface area contributed by atoms with Crippen molar-refractivity contribution in [3.05, 3.63) is 0 Å². The van der Waals surface area contributed by atoms with E-state index in [4.69, 9.17) is 4.74 Å². The Hall–Kier alpha value is -0.0800. The molecule has 0 bridgehead atoms. The van der Waals surface area contributed by atoms with E-state index in [0.29, 0.717) is 11.5 Å². The fourth-order valence-electron chi connectivity index (χ4n) is 3.15. The summed E-state index contributed by atoms with van der Waals surface area (Å²) < 4.78 is 5.82. The first kappa shape index (κ1) is 11.0. The second-order valence-electron chi connectivity index (χ2n) is 6.42. The van der Waals surface area contributed by atoms with Crippen LogP contribution in [0, 0.1) is 11.3 Å². The first-order valence-electron chi connectivity index (χ1n) is 7.11. The van der Waals surface area contributed by atoms with Gasteiger partial charge in [-0.15, -0.1) is 0 Å². The molecule has 1 N–H and O–H groups in total. The molecule has 1 aliphatic heterocycles. The summed E-state index contributed by atoms with van der Waals surface area (Å²) in [5.74, 6) is 0.975. The second kappa shape index (κ2) is 4.30. The number of ether oxygens (including phenoxy) is 1. The Bertz CT molecular complexity index is 241. The zero-order valence-electron chi connectivity index (χ0n) is 10.5. The van der Waals surface area contributed by atoms with Gasteiger partial charge >= 0.3 is 0 Å².